The molecule has 1 spiro atoms. The minimum Gasteiger partial charge on any atom is -0.274 e. The van der Waals surface area contributed by atoms with Gasteiger partial charge in [-0.3, -0.25) is 14.4 Å². The van der Waals surface area contributed by atoms with Crippen LogP contribution in [-0.2, 0) is 29.9 Å². The molecule has 8 heteroatoms. The summed E-state index contributed by atoms with van der Waals surface area (Å²) in [7, 11) is -4.23. The molecule has 4 rings (SSSR count). The van der Waals surface area contributed by atoms with E-state index in [1.807, 2.05) is 0 Å². The van der Waals surface area contributed by atoms with Gasteiger partial charge in [0.2, 0.25) is 11.8 Å². The molecule has 2 heterocycles. The molecule has 0 aliphatic carbocycles. The predicted octanol–water partition coefficient (Wildman–Crippen LogP) is 1.70. The summed E-state index contributed by atoms with van der Waals surface area (Å²) in [6, 6.07) is 12.8. The van der Waals surface area contributed by atoms with Crippen LogP contribution in [-0.4, -0.2) is 30.4 Å². The molecule has 1 saturated heterocycles. The Morgan fingerprint density at radius 3 is 2.37 bits per heavy atom. The highest BCUT2D eigenvalue weighted by Gasteiger charge is 2.66. The maximum absolute atomic E-state index is 13.5. The highest BCUT2D eigenvalue weighted by Crippen LogP contribution is 2.51. The van der Waals surface area contributed by atoms with Crippen molar-refractivity contribution >= 4 is 33.4 Å². The van der Waals surface area contributed by atoms with Crippen molar-refractivity contribution < 1.29 is 22.8 Å². The van der Waals surface area contributed by atoms with Crippen LogP contribution in [0, 0.1) is 6.92 Å². The van der Waals surface area contributed by atoms with Gasteiger partial charge in [-0.05, 0) is 25.1 Å². The number of carbonyl (C=O) groups excluding carboxylic acids is 3. The first-order valence-electron chi connectivity index (χ1n) is 8.31. The van der Waals surface area contributed by atoms with Gasteiger partial charge in [0, 0.05) is 12.5 Å². The number of para-hydroxylation sites is 1. The molecule has 3 amide bonds. The first kappa shape index (κ1) is 17.4. The van der Waals surface area contributed by atoms with Crippen LogP contribution in [0.25, 0.3) is 0 Å². The Labute approximate surface area is 156 Å². The van der Waals surface area contributed by atoms with Crippen LogP contribution < -0.4 is 4.90 Å². The molecule has 0 radical (unpaired) electrons. The van der Waals surface area contributed by atoms with Crippen LogP contribution in [0.4, 0.5) is 5.69 Å². The van der Waals surface area contributed by atoms with Crippen molar-refractivity contribution in [3.05, 3.63) is 59.7 Å². The summed E-state index contributed by atoms with van der Waals surface area (Å²) in [5, 5.41) is 0. The maximum atomic E-state index is 13.5. The van der Waals surface area contributed by atoms with Crippen molar-refractivity contribution in [1.29, 1.82) is 0 Å². The van der Waals surface area contributed by atoms with Gasteiger partial charge >= 0.3 is 0 Å². The smallest absolute Gasteiger partial charge is 0.268 e. The lowest BCUT2D eigenvalue weighted by atomic mass is 9.87. The molecular formula is C19H16N2O5S. The molecule has 1 unspecified atom stereocenters. The number of amides is 3. The van der Waals surface area contributed by atoms with Crippen LogP contribution in [0.3, 0.4) is 0 Å². The van der Waals surface area contributed by atoms with Crippen LogP contribution in [0.1, 0.15) is 24.5 Å². The molecule has 1 atom stereocenters. The van der Waals surface area contributed by atoms with E-state index in [2.05, 4.69) is 0 Å². The van der Waals surface area contributed by atoms with Gasteiger partial charge in [0.1, 0.15) is 0 Å². The van der Waals surface area contributed by atoms with E-state index in [0.29, 0.717) is 9.99 Å². The van der Waals surface area contributed by atoms with E-state index < -0.39 is 39.7 Å². The molecule has 7 nitrogen and oxygen atoms in total. The Morgan fingerprint density at radius 1 is 1.07 bits per heavy atom. The summed E-state index contributed by atoms with van der Waals surface area (Å²) in [4.78, 5) is 39.4. The van der Waals surface area contributed by atoms with Crippen molar-refractivity contribution in [3.8, 4) is 0 Å². The van der Waals surface area contributed by atoms with Gasteiger partial charge in [-0.2, -0.15) is 0 Å². The Hall–Kier alpha value is -3.00. The van der Waals surface area contributed by atoms with Crippen molar-refractivity contribution in [3.63, 3.8) is 0 Å². The quantitative estimate of drug-likeness (QED) is 0.698. The summed E-state index contributed by atoms with van der Waals surface area (Å²) in [5.74, 6) is -2.09. The Morgan fingerprint density at radius 2 is 1.74 bits per heavy atom. The largest absolute Gasteiger partial charge is 0.274 e. The first-order valence-corrected chi connectivity index (χ1v) is 9.75. The molecule has 1 fully saturated rings. The number of aryl methyl sites for hydroxylation is 1. The van der Waals surface area contributed by atoms with E-state index in [4.69, 9.17) is 0 Å². The summed E-state index contributed by atoms with van der Waals surface area (Å²) < 4.78 is 26.6. The lowest BCUT2D eigenvalue weighted by Gasteiger charge is -2.30. The van der Waals surface area contributed by atoms with Gasteiger partial charge in [0.05, 0.1) is 17.0 Å². The van der Waals surface area contributed by atoms with Crippen molar-refractivity contribution in [2.45, 2.75) is 30.7 Å². The Bertz CT molecular complexity index is 1110. The minimum atomic E-state index is -4.23. The lowest BCUT2D eigenvalue weighted by Crippen LogP contribution is -2.51. The third-order valence-corrected chi connectivity index (χ3v) is 6.92. The standard InChI is InChI=1S/C19H16N2O5S/c1-12-8-9-16-15(10-12)19(21(13(2)22)27(16,25)26)11-17(23)20(18(19)24)14-6-4-3-5-7-14/h3-10H,11H2,1-2H3. The van der Waals surface area contributed by atoms with Gasteiger partial charge < -0.3 is 0 Å². The molecule has 2 aliphatic rings. The lowest BCUT2D eigenvalue weighted by molar-refractivity contribution is -0.136. The fourth-order valence-corrected chi connectivity index (χ4v) is 5.85. The molecule has 27 heavy (non-hydrogen) atoms. The maximum Gasteiger partial charge on any atom is 0.268 e. The minimum absolute atomic E-state index is 0.112. The molecule has 2 aromatic rings. The summed E-state index contributed by atoms with van der Waals surface area (Å²) in [6.45, 7) is 2.84. The molecular weight excluding hydrogens is 368 g/mol. The van der Waals surface area contributed by atoms with Crippen LogP contribution >= 0.6 is 0 Å². The van der Waals surface area contributed by atoms with Gasteiger partial charge in [-0.25, -0.2) is 17.6 Å². The molecule has 0 N–H and O–H groups in total. The number of nitrogens with zero attached hydrogens (tertiary/aromatic N) is 2. The summed E-state index contributed by atoms with van der Waals surface area (Å²) >= 11 is 0. The first-order chi connectivity index (χ1) is 12.7. The molecule has 0 bridgehead atoms. The number of hydrogen-bond acceptors (Lipinski definition) is 5. The average Bonchev–Trinajstić information content (AvgIpc) is 2.96. The number of carbonyl (C=O) groups is 3. The predicted molar refractivity (Wildman–Crippen MR) is 96.1 cm³/mol. The van der Waals surface area contributed by atoms with E-state index in [1.165, 1.54) is 6.07 Å². The van der Waals surface area contributed by atoms with Crippen LogP contribution in [0.15, 0.2) is 53.4 Å². The number of imide groups is 1. The fraction of sp³-hybridized carbons (Fsp3) is 0.211. The third kappa shape index (κ3) is 2.13. The SMILES string of the molecule is CC(=O)N1C2(CC(=O)N(c3ccccc3)C2=O)c2cc(C)ccc2S1(=O)=O. The number of rotatable bonds is 1. The summed E-state index contributed by atoms with van der Waals surface area (Å²) in [6.07, 6.45) is -0.421. The number of sulfonamides is 1. The van der Waals surface area contributed by atoms with Gasteiger partial charge in [-0.15, -0.1) is 0 Å². The van der Waals surface area contributed by atoms with E-state index >= 15 is 0 Å². The number of fused-ring (bicyclic) bond motifs is 2. The van der Waals surface area contributed by atoms with Gasteiger partial charge in [0.25, 0.3) is 15.9 Å². The van der Waals surface area contributed by atoms with E-state index in [0.717, 1.165) is 17.4 Å². The molecule has 2 aromatic carbocycles. The second-order valence-corrected chi connectivity index (χ2v) is 8.45. The molecule has 0 saturated carbocycles. The second kappa shape index (κ2) is 5.50. The van der Waals surface area contributed by atoms with Crippen LogP contribution in [0.5, 0.6) is 0 Å². The Balaban J connectivity index is 2.01. The van der Waals surface area contributed by atoms with Crippen molar-refractivity contribution in [2.75, 3.05) is 4.90 Å². The van der Waals surface area contributed by atoms with Crippen molar-refractivity contribution in [1.82, 2.24) is 4.31 Å². The zero-order chi connectivity index (χ0) is 19.6. The van der Waals surface area contributed by atoms with E-state index in [1.54, 1.807) is 49.4 Å². The van der Waals surface area contributed by atoms with E-state index in [-0.39, 0.29) is 10.5 Å². The van der Waals surface area contributed by atoms with Gasteiger partial charge in [0.15, 0.2) is 5.54 Å². The van der Waals surface area contributed by atoms with Crippen LogP contribution in [0.2, 0.25) is 0 Å². The van der Waals surface area contributed by atoms with E-state index in [9.17, 15) is 22.8 Å². The topological polar surface area (TPSA) is 91.8 Å². The number of anilines is 1. The number of hydrogen-bond donors (Lipinski definition) is 0. The molecule has 0 aromatic heterocycles. The fourth-order valence-electron chi connectivity index (χ4n) is 3.92. The highest BCUT2D eigenvalue weighted by atomic mass is 32.2. The second-order valence-electron chi connectivity index (χ2n) is 6.69. The normalized spacial score (nSPS) is 23.2. The average molecular weight is 384 g/mol. The molecule has 2 aliphatic heterocycles. The zero-order valence-corrected chi connectivity index (χ0v) is 15.5. The number of benzene rings is 2. The molecule has 138 valence electrons. The zero-order valence-electron chi connectivity index (χ0n) is 14.7. The highest BCUT2D eigenvalue weighted by molar-refractivity contribution is 7.90. The third-order valence-electron chi connectivity index (χ3n) is 4.96. The monoisotopic (exact) mass is 384 g/mol. The van der Waals surface area contributed by atoms with Gasteiger partial charge in [-0.1, -0.05) is 35.9 Å². The van der Waals surface area contributed by atoms with Crippen molar-refractivity contribution in [2.24, 2.45) is 0 Å². The summed E-state index contributed by atoms with van der Waals surface area (Å²) in [5.41, 5.74) is -0.633. The Kier molecular flexibility index (Phi) is 3.55.